The molecule has 1 heterocycles. The number of H-pyrrole nitrogens is 1. The number of hydrogen-bond acceptors (Lipinski definition) is 0. The predicted octanol–water partition coefficient (Wildman–Crippen LogP) is 3.84. The van der Waals surface area contributed by atoms with Crippen molar-refractivity contribution in [2.24, 2.45) is 12.5 Å². The number of aromatic amines is 1. The van der Waals surface area contributed by atoms with Gasteiger partial charge < -0.3 is 0 Å². The fourth-order valence-electron chi connectivity index (χ4n) is 1.34. The molecule has 1 rings (SSSR count). The first-order chi connectivity index (χ1) is 7.00. The second-order valence-corrected chi connectivity index (χ2v) is 4.65. The summed E-state index contributed by atoms with van der Waals surface area (Å²) in [6.45, 7) is 8.76. The quantitative estimate of drug-likeness (QED) is 0.773. The molecule has 84 valence electrons. The summed E-state index contributed by atoms with van der Waals surface area (Å²) in [5, 5.41) is 3.22. The lowest BCUT2D eigenvalue weighted by Crippen LogP contribution is -2.13. The summed E-state index contributed by atoms with van der Waals surface area (Å²) in [7, 11) is 2.03. The monoisotopic (exact) mass is 206 g/mol. The molecule has 1 aromatic heterocycles. The fraction of sp³-hybridized carbons (Fsp3) is 0.538. The fourth-order valence-corrected chi connectivity index (χ4v) is 1.34. The van der Waals surface area contributed by atoms with Crippen LogP contribution in [0.15, 0.2) is 12.2 Å². The minimum atomic E-state index is 0.282. The molecule has 1 N–H and O–H groups in total. The van der Waals surface area contributed by atoms with Gasteiger partial charge in [0.05, 0.1) is 11.4 Å². The van der Waals surface area contributed by atoms with E-state index >= 15 is 0 Å². The van der Waals surface area contributed by atoms with E-state index in [0.717, 1.165) is 6.42 Å². The highest BCUT2D eigenvalue weighted by Gasteiger charge is 2.11. The number of allylic oxidation sites excluding steroid dienone is 2. The molecule has 0 fully saturated rings. The first-order valence-corrected chi connectivity index (χ1v) is 5.57. The van der Waals surface area contributed by atoms with Crippen LogP contribution in [0.3, 0.4) is 0 Å². The summed E-state index contributed by atoms with van der Waals surface area (Å²) >= 11 is 0. The van der Waals surface area contributed by atoms with Crippen molar-refractivity contribution >= 4 is 12.2 Å². The van der Waals surface area contributed by atoms with Gasteiger partial charge in [-0.1, -0.05) is 32.9 Å². The zero-order valence-corrected chi connectivity index (χ0v) is 10.5. The van der Waals surface area contributed by atoms with Gasteiger partial charge in [0.15, 0.2) is 0 Å². The third-order valence-electron chi connectivity index (χ3n) is 2.86. The zero-order valence-electron chi connectivity index (χ0n) is 10.5. The molecule has 15 heavy (non-hydrogen) atoms. The summed E-state index contributed by atoms with van der Waals surface area (Å²) in [5.41, 5.74) is 2.74. The molecule has 0 aliphatic carbocycles. The lowest BCUT2D eigenvalue weighted by molar-refractivity contribution is 0.464. The average Bonchev–Trinajstić information content (AvgIpc) is 2.17. The highest BCUT2D eigenvalue weighted by Crippen LogP contribution is 2.23. The van der Waals surface area contributed by atoms with Gasteiger partial charge in [0.1, 0.15) is 0 Å². The Morgan fingerprint density at radius 1 is 1.33 bits per heavy atom. The normalized spacial score (nSPS) is 13.4. The molecule has 0 spiro atoms. The second-order valence-electron chi connectivity index (χ2n) is 4.65. The number of nitrogens with zero attached hydrogens (tertiary/aromatic N) is 1. The van der Waals surface area contributed by atoms with Crippen LogP contribution in [0.2, 0.25) is 0 Å². The van der Waals surface area contributed by atoms with Crippen LogP contribution in [-0.2, 0) is 7.05 Å². The van der Waals surface area contributed by atoms with E-state index in [2.05, 4.69) is 44.1 Å². The smallest absolute Gasteiger partial charge is 0.0814 e. The number of aromatic nitrogens is 2. The molecule has 0 bridgehead atoms. The van der Waals surface area contributed by atoms with Gasteiger partial charge in [-0.05, 0) is 30.9 Å². The SMILES string of the molecule is C/C=C/c1[nH]n(C)c1/C=C\C(C)(C)CC. The Balaban J connectivity index is 2.81. The van der Waals surface area contributed by atoms with Crippen LogP contribution in [0.25, 0.3) is 12.2 Å². The minimum absolute atomic E-state index is 0.282. The van der Waals surface area contributed by atoms with E-state index in [1.165, 1.54) is 11.4 Å². The standard InChI is InChI=1S/C13H22N2/c1-6-8-11-12(15(5)14-11)9-10-13(3,4)7-2/h6,8-10,14H,7H2,1-5H3/b8-6+,10-9-. The van der Waals surface area contributed by atoms with Gasteiger partial charge in [-0.25, -0.2) is 0 Å². The van der Waals surface area contributed by atoms with E-state index < -0.39 is 0 Å². The van der Waals surface area contributed by atoms with Crippen LogP contribution < -0.4 is 0 Å². The van der Waals surface area contributed by atoms with Crippen molar-refractivity contribution in [2.75, 3.05) is 0 Å². The Bertz CT molecular complexity index is 362. The summed E-state index contributed by atoms with van der Waals surface area (Å²) in [6.07, 6.45) is 9.79. The van der Waals surface area contributed by atoms with Crippen molar-refractivity contribution in [3.63, 3.8) is 0 Å². The Morgan fingerprint density at radius 3 is 2.47 bits per heavy atom. The summed E-state index contributed by atoms with van der Waals surface area (Å²) in [6, 6.07) is 0. The van der Waals surface area contributed by atoms with Gasteiger partial charge in [0, 0.05) is 7.05 Å². The van der Waals surface area contributed by atoms with Gasteiger partial charge >= 0.3 is 0 Å². The Kier molecular flexibility index (Phi) is 3.61. The maximum atomic E-state index is 3.22. The topological polar surface area (TPSA) is 20.7 Å². The summed E-state index contributed by atoms with van der Waals surface area (Å²) < 4.78 is 2.04. The van der Waals surface area contributed by atoms with Crippen molar-refractivity contribution in [1.29, 1.82) is 0 Å². The van der Waals surface area contributed by atoms with Crippen LogP contribution in [-0.4, -0.2) is 9.78 Å². The molecule has 0 saturated carbocycles. The van der Waals surface area contributed by atoms with Gasteiger partial charge in [-0.15, -0.1) is 0 Å². The number of rotatable bonds is 4. The average molecular weight is 206 g/mol. The molecule has 0 amide bonds. The number of nitrogens with one attached hydrogen (secondary N) is 1. The first kappa shape index (κ1) is 11.9. The van der Waals surface area contributed by atoms with Crippen LogP contribution in [0.4, 0.5) is 0 Å². The molecule has 0 radical (unpaired) electrons. The van der Waals surface area contributed by atoms with Crippen LogP contribution >= 0.6 is 0 Å². The van der Waals surface area contributed by atoms with E-state index in [1.807, 2.05) is 24.7 Å². The van der Waals surface area contributed by atoms with Crippen molar-refractivity contribution in [2.45, 2.75) is 34.1 Å². The Labute approximate surface area is 92.7 Å². The van der Waals surface area contributed by atoms with E-state index in [4.69, 9.17) is 0 Å². The molecule has 1 aromatic rings. The minimum Gasteiger partial charge on any atom is -0.296 e. The van der Waals surface area contributed by atoms with Crippen molar-refractivity contribution in [1.82, 2.24) is 9.78 Å². The van der Waals surface area contributed by atoms with E-state index in [-0.39, 0.29) is 5.41 Å². The lowest BCUT2D eigenvalue weighted by atomic mass is 9.89. The highest BCUT2D eigenvalue weighted by atomic mass is 15.3. The highest BCUT2D eigenvalue weighted by molar-refractivity contribution is 5.61. The molecule has 0 aromatic carbocycles. The molecular formula is C13H22N2. The second kappa shape index (κ2) is 4.56. The maximum Gasteiger partial charge on any atom is 0.0814 e. The molecule has 2 heteroatoms. The molecule has 0 unspecified atom stereocenters. The van der Waals surface area contributed by atoms with Crippen LogP contribution in [0, 0.1) is 5.41 Å². The summed E-state index contributed by atoms with van der Waals surface area (Å²) in [4.78, 5) is 0. The van der Waals surface area contributed by atoms with Crippen molar-refractivity contribution < 1.29 is 0 Å². The van der Waals surface area contributed by atoms with Crippen molar-refractivity contribution in [3.8, 4) is 0 Å². The largest absolute Gasteiger partial charge is 0.296 e. The first-order valence-electron chi connectivity index (χ1n) is 5.57. The number of aryl methyl sites for hydroxylation is 1. The van der Waals surface area contributed by atoms with Crippen molar-refractivity contribution in [3.05, 3.63) is 23.5 Å². The third kappa shape index (κ3) is 2.88. The molecule has 2 nitrogen and oxygen atoms in total. The lowest BCUT2D eigenvalue weighted by Gasteiger charge is -2.20. The maximum absolute atomic E-state index is 3.22. The Morgan fingerprint density at radius 2 is 2.00 bits per heavy atom. The predicted molar refractivity (Wildman–Crippen MR) is 67.6 cm³/mol. The molecule has 0 saturated heterocycles. The van der Waals surface area contributed by atoms with Crippen LogP contribution in [0.5, 0.6) is 0 Å². The van der Waals surface area contributed by atoms with Gasteiger partial charge in [-0.3, -0.25) is 9.78 Å². The summed E-state index contributed by atoms with van der Waals surface area (Å²) in [5.74, 6) is 0. The van der Waals surface area contributed by atoms with Gasteiger partial charge in [0.25, 0.3) is 0 Å². The van der Waals surface area contributed by atoms with E-state index in [9.17, 15) is 0 Å². The molecule has 0 aliphatic heterocycles. The number of hydrogen-bond donors (Lipinski definition) is 1. The van der Waals surface area contributed by atoms with E-state index in [0.29, 0.717) is 0 Å². The third-order valence-corrected chi connectivity index (χ3v) is 2.86. The molecular weight excluding hydrogens is 184 g/mol. The van der Waals surface area contributed by atoms with Crippen LogP contribution in [0.1, 0.15) is 45.5 Å². The van der Waals surface area contributed by atoms with E-state index in [1.54, 1.807) is 0 Å². The van der Waals surface area contributed by atoms with Gasteiger partial charge in [0.2, 0.25) is 0 Å². The Hall–Kier alpha value is -1.18. The molecule has 0 aliphatic rings. The molecule has 0 atom stereocenters. The zero-order chi connectivity index (χ0) is 11.5. The van der Waals surface area contributed by atoms with Gasteiger partial charge in [-0.2, -0.15) is 0 Å².